The highest BCUT2D eigenvalue weighted by Gasteiger charge is 2.24. The zero-order chi connectivity index (χ0) is 21.8. The number of aliphatic imine (C=N–C) groups is 1. The van der Waals surface area contributed by atoms with E-state index in [9.17, 15) is 4.79 Å². The molecule has 0 fully saturated rings. The molecule has 1 aliphatic heterocycles. The summed E-state index contributed by atoms with van der Waals surface area (Å²) in [6.45, 7) is 9.83. The Morgan fingerprint density at radius 2 is 1.90 bits per heavy atom. The van der Waals surface area contributed by atoms with Crippen molar-refractivity contribution in [1.82, 2.24) is 0 Å². The molecule has 1 amide bonds. The van der Waals surface area contributed by atoms with Gasteiger partial charge in [0, 0.05) is 34.7 Å². The monoisotopic (exact) mass is 411 g/mol. The van der Waals surface area contributed by atoms with E-state index >= 15 is 0 Å². The van der Waals surface area contributed by atoms with Crippen molar-refractivity contribution in [3.05, 3.63) is 75.8 Å². The van der Waals surface area contributed by atoms with E-state index in [1.54, 1.807) is 11.8 Å². The lowest BCUT2D eigenvalue weighted by atomic mass is 9.89. The van der Waals surface area contributed by atoms with Gasteiger partial charge >= 0.3 is 0 Å². The minimum Gasteiger partial charge on any atom is -0.333 e. The first-order chi connectivity index (χ1) is 14.1. The number of carbonyl (C=O) groups is 2. The van der Waals surface area contributed by atoms with Gasteiger partial charge in [0.25, 0.3) is 5.91 Å². The van der Waals surface area contributed by atoms with E-state index in [0.29, 0.717) is 0 Å². The first-order valence-electron chi connectivity index (χ1n) is 9.31. The minimum atomic E-state index is -0.0372. The molecule has 1 aliphatic rings. The number of hydrogen-bond acceptors (Lipinski definition) is 5. The molecule has 5 nitrogen and oxygen atoms in total. The van der Waals surface area contributed by atoms with E-state index in [-0.39, 0.29) is 11.8 Å². The van der Waals surface area contributed by atoms with Gasteiger partial charge in [-0.15, -0.1) is 11.8 Å². The molecule has 1 atom stereocenters. The van der Waals surface area contributed by atoms with Crippen LogP contribution in [0.3, 0.4) is 0 Å². The largest absolute Gasteiger partial charge is 0.333 e. The first kappa shape index (κ1) is 24.3. The van der Waals surface area contributed by atoms with Crippen LogP contribution >= 0.6 is 11.8 Å². The average molecular weight is 412 g/mol. The molecule has 0 radical (unpaired) electrons. The number of rotatable bonds is 5. The van der Waals surface area contributed by atoms with Gasteiger partial charge < -0.3 is 15.8 Å². The minimum absolute atomic E-state index is 0.0372. The third-order valence-corrected chi connectivity index (χ3v) is 5.36. The molecule has 154 valence electrons. The summed E-state index contributed by atoms with van der Waals surface area (Å²) in [5.41, 5.74) is 9.54. The van der Waals surface area contributed by atoms with E-state index in [2.05, 4.69) is 54.8 Å². The lowest BCUT2D eigenvalue weighted by molar-refractivity contribution is -0.0980. The molecule has 0 saturated carbocycles. The molecule has 0 bridgehead atoms. The number of benzene rings is 2. The number of anilines is 1. The SMILES string of the molecule is C=N/C=C(/Cc1ccc2c(c1)NC(=O)c1ccccc1C2C)SCC.C=O.CN. The molecule has 2 aromatic carbocycles. The number of carbonyl (C=O) groups excluding carboxylic acids is 2. The predicted octanol–water partition coefficient (Wildman–Crippen LogP) is 4.63. The highest BCUT2D eigenvalue weighted by molar-refractivity contribution is 8.03. The molecular weight excluding hydrogens is 382 g/mol. The summed E-state index contributed by atoms with van der Waals surface area (Å²) >= 11 is 1.77. The fraction of sp³-hybridized carbons (Fsp3) is 0.261. The van der Waals surface area contributed by atoms with Gasteiger partial charge in [0.05, 0.1) is 0 Å². The maximum Gasteiger partial charge on any atom is 0.255 e. The summed E-state index contributed by atoms with van der Waals surface area (Å²) < 4.78 is 0. The summed E-state index contributed by atoms with van der Waals surface area (Å²) in [5.74, 6) is 1.13. The normalized spacial score (nSPS) is 14.6. The van der Waals surface area contributed by atoms with Crippen LogP contribution < -0.4 is 11.1 Å². The van der Waals surface area contributed by atoms with Crippen molar-refractivity contribution in [2.24, 2.45) is 10.7 Å². The molecule has 1 heterocycles. The quantitative estimate of drug-likeness (QED) is 0.703. The zero-order valence-corrected chi connectivity index (χ0v) is 18.1. The molecule has 29 heavy (non-hydrogen) atoms. The van der Waals surface area contributed by atoms with E-state index in [1.807, 2.05) is 37.3 Å². The summed E-state index contributed by atoms with van der Waals surface area (Å²) in [6.07, 6.45) is 2.61. The maximum atomic E-state index is 12.6. The molecule has 0 saturated heterocycles. The summed E-state index contributed by atoms with van der Waals surface area (Å²) in [7, 11) is 1.50. The van der Waals surface area contributed by atoms with Crippen molar-refractivity contribution in [2.75, 3.05) is 18.1 Å². The second kappa shape index (κ2) is 12.7. The van der Waals surface area contributed by atoms with Crippen molar-refractivity contribution < 1.29 is 9.59 Å². The first-order valence-corrected chi connectivity index (χ1v) is 10.3. The molecule has 3 rings (SSSR count). The van der Waals surface area contributed by atoms with Gasteiger partial charge in [-0.3, -0.25) is 9.79 Å². The van der Waals surface area contributed by atoms with E-state index in [0.717, 1.165) is 40.1 Å². The van der Waals surface area contributed by atoms with Crippen molar-refractivity contribution in [1.29, 1.82) is 0 Å². The van der Waals surface area contributed by atoms with Crippen LogP contribution in [0.25, 0.3) is 0 Å². The molecule has 0 aliphatic carbocycles. The fourth-order valence-corrected chi connectivity index (χ4v) is 4.05. The number of nitrogens with zero attached hydrogens (tertiary/aromatic N) is 1. The predicted molar refractivity (Wildman–Crippen MR) is 125 cm³/mol. The number of amides is 1. The summed E-state index contributed by atoms with van der Waals surface area (Å²) in [6, 6.07) is 14.2. The summed E-state index contributed by atoms with van der Waals surface area (Å²) in [4.78, 5) is 25.7. The molecular formula is C23H29N3O2S. The van der Waals surface area contributed by atoms with Crippen LogP contribution in [0.4, 0.5) is 5.69 Å². The Bertz CT molecular complexity index is 865. The molecule has 0 spiro atoms. The van der Waals surface area contributed by atoms with E-state index in [4.69, 9.17) is 4.79 Å². The van der Waals surface area contributed by atoms with Crippen LogP contribution in [0.2, 0.25) is 0 Å². The third-order valence-electron chi connectivity index (χ3n) is 4.45. The van der Waals surface area contributed by atoms with Gasteiger partial charge in [-0.05, 0) is 48.3 Å². The Balaban J connectivity index is 0.000000989. The number of fused-ring (bicyclic) bond motifs is 2. The van der Waals surface area contributed by atoms with E-state index in [1.165, 1.54) is 12.0 Å². The molecule has 1 unspecified atom stereocenters. The van der Waals surface area contributed by atoms with Crippen LogP contribution in [0.15, 0.2) is 58.6 Å². The molecule has 0 aromatic heterocycles. The van der Waals surface area contributed by atoms with Crippen molar-refractivity contribution >= 4 is 36.9 Å². The lowest BCUT2D eigenvalue weighted by Gasteiger charge is -2.15. The number of allylic oxidation sites excluding steroid dienone is 1. The standard InChI is InChI=1S/C21H22N2OS.CH5N.CH2O/c1-4-25-16(13-22-3)11-15-9-10-18-14(2)17-7-5-6-8-19(17)21(24)23-20(18)12-15;2*1-2/h5-10,12-14H,3-4,11H2,1-2H3,(H,23,24);2H2,1H3;1H2/b16-13-;;. The van der Waals surface area contributed by atoms with Gasteiger partial charge in [0.15, 0.2) is 0 Å². The molecule has 6 heteroatoms. The van der Waals surface area contributed by atoms with Crippen LogP contribution in [0, 0.1) is 0 Å². The number of thioether (sulfide) groups is 1. The molecule has 2 aromatic rings. The van der Waals surface area contributed by atoms with Gasteiger partial charge in [-0.1, -0.05) is 44.2 Å². The Morgan fingerprint density at radius 1 is 1.21 bits per heavy atom. The maximum absolute atomic E-state index is 12.6. The van der Waals surface area contributed by atoms with E-state index < -0.39 is 0 Å². The van der Waals surface area contributed by atoms with Crippen molar-refractivity contribution in [3.63, 3.8) is 0 Å². The third kappa shape index (κ3) is 6.14. The Kier molecular flexibility index (Phi) is 10.7. The Hall–Kier alpha value is -2.70. The van der Waals surface area contributed by atoms with Gasteiger partial charge in [-0.25, -0.2) is 0 Å². The second-order valence-corrected chi connectivity index (χ2v) is 7.46. The Labute approximate surface area is 177 Å². The van der Waals surface area contributed by atoms with Gasteiger partial charge in [0.2, 0.25) is 0 Å². The highest BCUT2D eigenvalue weighted by atomic mass is 32.2. The van der Waals surface area contributed by atoms with Crippen LogP contribution in [0.5, 0.6) is 0 Å². The van der Waals surface area contributed by atoms with Crippen LogP contribution in [0.1, 0.15) is 46.8 Å². The van der Waals surface area contributed by atoms with Crippen molar-refractivity contribution in [3.8, 4) is 0 Å². The van der Waals surface area contributed by atoms with Crippen LogP contribution in [-0.2, 0) is 11.2 Å². The Morgan fingerprint density at radius 3 is 2.55 bits per heavy atom. The van der Waals surface area contributed by atoms with Gasteiger partial charge in [-0.2, -0.15) is 0 Å². The molecule has 3 N–H and O–H groups in total. The smallest absolute Gasteiger partial charge is 0.255 e. The second-order valence-electron chi connectivity index (χ2n) is 6.07. The number of hydrogen-bond donors (Lipinski definition) is 2. The topological polar surface area (TPSA) is 84.5 Å². The average Bonchev–Trinajstić information content (AvgIpc) is 2.86. The summed E-state index contributed by atoms with van der Waals surface area (Å²) in [5, 5.41) is 3.09. The highest BCUT2D eigenvalue weighted by Crippen LogP contribution is 2.36. The fourth-order valence-electron chi connectivity index (χ4n) is 3.26. The van der Waals surface area contributed by atoms with Gasteiger partial charge in [0.1, 0.15) is 6.79 Å². The zero-order valence-electron chi connectivity index (χ0n) is 17.3. The van der Waals surface area contributed by atoms with Crippen LogP contribution in [-0.4, -0.2) is 32.2 Å². The number of nitrogens with one attached hydrogen (secondary N) is 1. The van der Waals surface area contributed by atoms with Crippen molar-refractivity contribution in [2.45, 2.75) is 26.2 Å². The number of nitrogens with two attached hydrogens (primary N) is 1. The lowest BCUT2D eigenvalue weighted by Crippen LogP contribution is -2.11.